The van der Waals surface area contributed by atoms with Crippen LogP contribution in [0.1, 0.15) is 37.8 Å². The quantitative estimate of drug-likeness (QED) is 0.133. The van der Waals surface area contributed by atoms with Gasteiger partial charge in [-0.05, 0) is 62.1 Å². The third-order valence-corrected chi connectivity index (χ3v) is 10.6. The van der Waals surface area contributed by atoms with E-state index in [0.717, 1.165) is 41.3 Å². The van der Waals surface area contributed by atoms with Crippen molar-refractivity contribution in [3.63, 3.8) is 0 Å². The second kappa shape index (κ2) is 19.9. The van der Waals surface area contributed by atoms with Crippen molar-refractivity contribution in [3.8, 4) is 36.8 Å². The molecule has 0 spiro atoms. The molecule has 1 aliphatic rings. The van der Waals surface area contributed by atoms with Crippen molar-refractivity contribution in [2.45, 2.75) is 39.8 Å². The van der Waals surface area contributed by atoms with E-state index >= 15 is 0 Å². The van der Waals surface area contributed by atoms with Crippen LogP contribution in [0, 0.1) is 57.5 Å². The minimum Gasteiger partial charge on any atom is -0.372 e. The monoisotopic (exact) mass is 788 g/mol. The van der Waals surface area contributed by atoms with E-state index in [4.69, 9.17) is 12.8 Å². The molecule has 14 nitrogen and oxygen atoms in total. The highest BCUT2D eigenvalue weighted by Crippen LogP contribution is 2.20. The maximum Gasteiger partial charge on any atom is 0.270 e. The molecule has 0 radical (unpaired) electrons. The SMILES string of the molecule is C#CCNC(=O)/C(C#N)=c1\s/c(=C\c2ccc(N3CCCC3)cc2)c(=O)n1CC.C#CCNC(=O)/C(C#N)=c1\s/c(=C\c2cccc([N+](=O)[O-])c2)c(=O)n1CC. The van der Waals surface area contributed by atoms with Gasteiger partial charge in [-0.2, -0.15) is 10.5 Å². The lowest BCUT2D eigenvalue weighted by Crippen LogP contribution is -2.34. The molecule has 4 aromatic rings. The van der Waals surface area contributed by atoms with Gasteiger partial charge in [0.1, 0.15) is 21.5 Å². The van der Waals surface area contributed by atoms with E-state index in [0.29, 0.717) is 21.3 Å². The molecular formula is C40H36N8O6S2. The number of terminal acetylenes is 2. The lowest BCUT2D eigenvalue weighted by atomic mass is 10.2. The number of carbonyl (C=O) groups excluding carboxylic acids is 2. The number of hydrogen-bond donors (Lipinski definition) is 2. The fourth-order valence-electron chi connectivity index (χ4n) is 5.60. The van der Waals surface area contributed by atoms with Crippen LogP contribution in [0.25, 0.3) is 23.3 Å². The molecule has 1 aliphatic heterocycles. The van der Waals surface area contributed by atoms with Crippen LogP contribution in [-0.2, 0) is 22.7 Å². The summed E-state index contributed by atoms with van der Waals surface area (Å²) >= 11 is 2.11. The molecule has 3 heterocycles. The number of amides is 2. The Kier molecular flexibility index (Phi) is 14.9. The summed E-state index contributed by atoms with van der Waals surface area (Å²) in [5.74, 6) is 3.30. The number of thiazole rings is 2. The number of nitro groups is 1. The van der Waals surface area contributed by atoms with Crippen LogP contribution < -0.4 is 45.0 Å². The van der Waals surface area contributed by atoms with Gasteiger partial charge in [-0.3, -0.25) is 38.4 Å². The summed E-state index contributed by atoms with van der Waals surface area (Å²) < 4.78 is 4.04. The summed E-state index contributed by atoms with van der Waals surface area (Å²) in [6, 6.07) is 17.6. The molecule has 2 aromatic heterocycles. The zero-order chi connectivity index (χ0) is 40.8. The van der Waals surface area contributed by atoms with Gasteiger partial charge in [-0.25, -0.2) is 0 Å². The van der Waals surface area contributed by atoms with E-state index in [9.17, 15) is 39.8 Å². The Hall–Kier alpha value is -6.98. The average Bonchev–Trinajstić information content (AvgIpc) is 3.93. The topological polar surface area (TPSA) is 196 Å². The summed E-state index contributed by atoms with van der Waals surface area (Å²) in [7, 11) is 0. The Morgan fingerprint density at radius 1 is 0.821 bits per heavy atom. The normalized spacial score (nSPS) is 13.6. The van der Waals surface area contributed by atoms with Crippen LogP contribution in [0.2, 0.25) is 0 Å². The average molecular weight is 789 g/mol. The molecule has 0 unspecified atom stereocenters. The zero-order valence-corrected chi connectivity index (χ0v) is 32.2. The lowest BCUT2D eigenvalue weighted by Gasteiger charge is -2.17. The van der Waals surface area contributed by atoms with Gasteiger partial charge in [0.05, 0.1) is 27.1 Å². The zero-order valence-electron chi connectivity index (χ0n) is 30.5. The highest BCUT2D eigenvalue weighted by atomic mass is 32.1. The molecule has 0 aliphatic carbocycles. The van der Waals surface area contributed by atoms with Gasteiger partial charge in [0.2, 0.25) is 0 Å². The minimum atomic E-state index is -0.666. The van der Waals surface area contributed by atoms with Crippen LogP contribution >= 0.6 is 22.7 Å². The van der Waals surface area contributed by atoms with Crippen LogP contribution in [0.4, 0.5) is 11.4 Å². The molecule has 5 rings (SSSR count). The molecule has 1 saturated heterocycles. The molecule has 1 fully saturated rings. The molecule has 56 heavy (non-hydrogen) atoms. The number of rotatable bonds is 10. The highest BCUT2D eigenvalue weighted by molar-refractivity contribution is 7.08. The predicted molar refractivity (Wildman–Crippen MR) is 217 cm³/mol. The van der Waals surface area contributed by atoms with Gasteiger partial charge in [-0.1, -0.05) is 36.1 Å². The number of aromatic nitrogens is 2. The Morgan fingerprint density at radius 3 is 1.73 bits per heavy atom. The summed E-state index contributed by atoms with van der Waals surface area (Å²) in [5, 5.41) is 34.6. The van der Waals surface area contributed by atoms with E-state index in [1.165, 1.54) is 51.9 Å². The molecule has 284 valence electrons. The number of nitrogens with one attached hydrogen (secondary N) is 2. The Bertz CT molecular complexity index is 2690. The number of anilines is 1. The highest BCUT2D eigenvalue weighted by Gasteiger charge is 2.17. The first kappa shape index (κ1) is 41.8. The van der Waals surface area contributed by atoms with Crippen LogP contribution in [0.5, 0.6) is 0 Å². The van der Waals surface area contributed by atoms with Crippen LogP contribution in [-0.4, -0.2) is 52.1 Å². The number of nitrogens with zero attached hydrogens (tertiary/aromatic N) is 6. The van der Waals surface area contributed by atoms with Crippen molar-refractivity contribution in [1.29, 1.82) is 10.5 Å². The number of nitro benzene ring substituents is 1. The van der Waals surface area contributed by atoms with E-state index in [2.05, 4.69) is 39.5 Å². The molecule has 2 amide bonds. The van der Waals surface area contributed by atoms with Crippen molar-refractivity contribution >= 4 is 69.2 Å². The summed E-state index contributed by atoms with van der Waals surface area (Å²) in [5.41, 5.74) is 1.53. The number of nitriles is 2. The second-order valence-electron chi connectivity index (χ2n) is 11.8. The van der Waals surface area contributed by atoms with Crippen LogP contribution in [0.15, 0.2) is 58.1 Å². The number of hydrogen-bond acceptors (Lipinski definition) is 11. The van der Waals surface area contributed by atoms with Gasteiger partial charge in [0, 0.05) is 44.0 Å². The smallest absolute Gasteiger partial charge is 0.270 e. The van der Waals surface area contributed by atoms with Gasteiger partial charge < -0.3 is 15.5 Å². The van der Waals surface area contributed by atoms with Crippen molar-refractivity contribution < 1.29 is 14.5 Å². The maximum atomic E-state index is 12.8. The number of carbonyl (C=O) groups is 2. The van der Waals surface area contributed by atoms with Crippen LogP contribution in [0.3, 0.4) is 0 Å². The number of benzene rings is 2. The van der Waals surface area contributed by atoms with Crippen molar-refractivity contribution in [2.75, 3.05) is 31.1 Å². The van der Waals surface area contributed by atoms with Crippen molar-refractivity contribution in [3.05, 3.63) is 109 Å². The van der Waals surface area contributed by atoms with Gasteiger partial charge in [0.25, 0.3) is 28.6 Å². The fraction of sp³-hybridized carbons (Fsp3) is 0.250. The van der Waals surface area contributed by atoms with Gasteiger partial charge >= 0.3 is 0 Å². The minimum absolute atomic E-state index is 0.0219. The van der Waals surface area contributed by atoms with Gasteiger partial charge in [0.15, 0.2) is 11.1 Å². The van der Waals surface area contributed by atoms with Crippen molar-refractivity contribution in [2.24, 2.45) is 0 Å². The number of non-ortho nitro benzene ring substituents is 1. The first-order valence-electron chi connectivity index (χ1n) is 17.3. The van der Waals surface area contributed by atoms with E-state index < -0.39 is 16.7 Å². The molecular weight excluding hydrogens is 753 g/mol. The summed E-state index contributed by atoms with van der Waals surface area (Å²) in [6.45, 7) is 6.26. The first-order valence-corrected chi connectivity index (χ1v) is 18.9. The standard InChI is InChI=1S/C22H22N4O2S.C18H14N4O4S/c1-3-11-24-20(27)18(15-23)22-26(4-2)21(28)19(29-22)14-16-7-9-17(10-8-16)25-12-5-6-13-25;1-3-8-20-16(23)14(11-19)18-21(4-2)17(24)15(27-18)10-12-6-5-7-13(9-12)22(25)26/h1,7-10,14H,4-6,11-13H2,2H3,(H,24,27);1,5-7,9-10H,4,8H2,2H3,(H,20,23)/b19-14-,22-18-;15-10-,18-14-. The van der Waals surface area contributed by atoms with Crippen molar-refractivity contribution in [1.82, 2.24) is 19.8 Å². The molecule has 16 heteroatoms. The lowest BCUT2D eigenvalue weighted by molar-refractivity contribution is -0.384. The largest absolute Gasteiger partial charge is 0.372 e. The summed E-state index contributed by atoms with van der Waals surface area (Å²) in [6.07, 6.45) is 16.0. The Labute approximate surface area is 329 Å². The molecule has 0 saturated carbocycles. The maximum absolute atomic E-state index is 12.8. The first-order chi connectivity index (χ1) is 27.0. The Balaban J connectivity index is 0.000000249. The third-order valence-electron chi connectivity index (χ3n) is 8.30. The summed E-state index contributed by atoms with van der Waals surface area (Å²) in [4.78, 5) is 62.5. The van der Waals surface area contributed by atoms with Gasteiger partial charge in [-0.15, -0.1) is 35.5 Å². The molecule has 0 atom stereocenters. The third kappa shape index (κ3) is 9.95. The van der Waals surface area contributed by atoms with E-state index in [1.807, 2.05) is 24.3 Å². The molecule has 2 aromatic carbocycles. The van der Waals surface area contributed by atoms with E-state index in [-0.39, 0.29) is 56.8 Å². The Morgan fingerprint density at radius 2 is 1.30 bits per heavy atom. The second-order valence-corrected chi connectivity index (χ2v) is 13.9. The molecule has 2 N–H and O–H groups in total. The van der Waals surface area contributed by atoms with E-state index in [1.54, 1.807) is 26.0 Å². The fourth-order valence-corrected chi connectivity index (χ4v) is 7.93. The molecule has 0 bridgehead atoms. The predicted octanol–water partition coefficient (Wildman–Crippen LogP) is 0.873.